The molecule has 0 saturated heterocycles. The maximum absolute atomic E-state index is 5.09. The average molecular weight is 448 g/mol. The van der Waals surface area contributed by atoms with E-state index in [2.05, 4.69) is 119 Å². The molecule has 2 aromatic heterocycles. The highest BCUT2D eigenvalue weighted by atomic mass is 32.1. The Morgan fingerprint density at radius 1 is 0.606 bits per heavy atom. The van der Waals surface area contributed by atoms with Gasteiger partial charge >= 0.3 is 0 Å². The van der Waals surface area contributed by atoms with Crippen LogP contribution in [0.3, 0.4) is 0 Å². The van der Waals surface area contributed by atoms with Gasteiger partial charge < -0.3 is 0 Å². The molecule has 1 nitrogen and oxygen atoms in total. The van der Waals surface area contributed by atoms with Crippen LogP contribution in [0.15, 0.2) is 91.0 Å². The number of hydrogen-bond donors (Lipinski definition) is 0. The summed E-state index contributed by atoms with van der Waals surface area (Å²) in [5, 5.41) is 0. The molecule has 164 valence electrons. The van der Waals surface area contributed by atoms with Crippen LogP contribution in [0.4, 0.5) is 0 Å². The summed E-state index contributed by atoms with van der Waals surface area (Å²) in [7, 11) is 0. The van der Waals surface area contributed by atoms with Crippen LogP contribution < -0.4 is 0 Å². The summed E-state index contributed by atoms with van der Waals surface area (Å²) in [6.45, 7) is 9.14. The van der Waals surface area contributed by atoms with E-state index < -0.39 is 0 Å². The second kappa shape index (κ2) is 8.96. The number of thiophene rings is 1. The summed E-state index contributed by atoms with van der Waals surface area (Å²) >= 11 is 1.85. The van der Waals surface area contributed by atoms with Gasteiger partial charge in [0.2, 0.25) is 0 Å². The number of nitrogens with zero attached hydrogens (tertiary/aromatic N) is 1. The van der Waals surface area contributed by atoms with Crippen molar-refractivity contribution in [1.29, 1.82) is 0 Å². The highest BCUT2D eigenvalue weighted by Gasteiger charge is 2.18. The van der Waals surface area contributed by atoms with E-state index in [0.717, 1.165) is 16.8 Å². The summed E-state index contributed by atoms with van der Waals surface area (Å²) < 4.78 is 1.24. The van der Waals surface area contributed by atoms with Crippen molar-refractivity contribution in [2.75, 3.05) is 0 Å². The lowest BCUT2D eigenvalue weighted by atomic mass is 9.88. The minimum Gasteiger partial charge on any atom is -0.247 e. The largest absolute Gasteiger partial charge is 0.247 e. The first-order valence-electron chi connectivity index (χ1n) is 11.7. The molecule has 0 atom stereocenters. The number of rotatable bonds is 5. The Bertz CT molecular complexity index is 1380. The van der Waals surface area contributed by atoms with E-state index in [9.17, 15) is 0 Å². The van der Waals surface area contributed by atoms with E-state index in [0.29, 0.717) is 11.8 Å². The van der Waals surface area contributed by atoms with Gasteiger partial charge in [-0.2, -0.15) is 0 Å². The molecule has 5 rings (SSSR count). The quantitative estimate of drug-likeness (QED) is 0.261. The molecule has 5 aromatic rings. The van der Waals surface area contributed by atoms with Gasteiger partial charge in [-0.05, 0) is 63.9 Å². The van der Waals surface area contributed by atoms with Gasteiger partial charge in [0.15, 0.2) is 0 Å². The number of pyridine rings is 1. The first kappa shape index (κ1) is 21.6. The van der Waals surface area contributed by atoms with Crippen molar-refractivity contribution in [2.24, 2.45) is 0 Å². The van der Waals surface area contributed by atoms with Gasteiger partial charge in [0.05, 0.1) is 15.9 Å². The Morgan fingerprint density at radius 2 is 1.24 bits per heavy atom. The van der Waals surface area contributed by atoms with Crippen LogP contribution in [-0.4, -0.2) is 4.98 Å². The van der Waals surface area contributed by atoms with Crippen LogP contribution in [-0.2, 0) is 0 Å². The molecule has 33 heavy (non-hydrogen) atoms. The normalized spacial score (nSPS) is 11.6. The number of hydrogen-bond acceptors (Lipinski definition) is 2. The van der Waals surface area contributed by atoms with Crippen molar-refractivity contribution >= 4 is 21.6 Å². The molecule has 0 spiro atoms. The second-order valence-electron chi connectivity index (χ2n) is 9.26. The van der Waals surface area contributed by atoms with Crippen LogP contribution in [0.25, 0.3) is 43.0 Å². The Morgan fingerprint density at radius 3 is 1.94 bits per heavy atom. The molecule has 3 aromatic carbocycles. The molecule has 0 fully saturated rings. The maximum atomic E-state index is 5.09. The lowest BCUT2D eigenvalue weighted by molar-refractivity contribution is 0.839. The Hall–Kier alpha value is -3.23. The summed E-state index contributed by atoms with van der Waals surface area (Å²) in [6, 6.07) is 32.6. The van der Waals surface area contributed by atoms with Crippen LogP contribution in [0, 0.1) is 0 Å². The van der Waals surface area contributed by atoms with Crippen molar-refractivity contribution in [3.8, 4) is 32.8 Å². The van der Waals surface area contributed by atoms with E-state index in [4.69, 9.17) is 4.98 Å². The average Bonchev–Trinajstić information content (AvgIpc) is 3.27. The van der Waals surface area contributed by atoms with Gasteiger partial charge in [-0.3, -0.25) is 0 Å². The third kappa shape index (κ3) is 4.24. The number of benzene rings is 3. The van der Waals surface area contributed by atoms with Gasteiger partial charge in [0, 0.05) is 10.4 Å². The van der Waals surface area contributed by atoms with E-state index in [-0.39, 0.29) is 0 Å². The summed E-state index contributed by atoms with van der Waals surface area (Å²) in [4.78, 5) is 6.41. The molecule has 2 heteroatoms. The highest BCUT2D eigenvalue weighted by molar-refractivity contribution is 7.22. The Balaban J connectivity index is 1.60. The van der Waals surface area contributed by atoms with Gasteiger partial charge in [0.1, 0.15) is 0 Å². The minimum atomic E-state index is 0.480. The van der Waals surface area contributed by atoms with Crippen LogP contribution in [0.2, 0.25) is 0 Å². The van der Waals surface area contributed by atoms with Crippen molar-refractivity contribution in [3.63, 3.8) is 0 Å². The summed E-state index contributed by atoms with van der Waals surface area (Å²) in [5.74, 6) is 0.960. The molecule has 0 unspecified atom stereocenters. The van der Waals surface area contributed by atoms with Crippen molar-refractivity contribution in [1.82, 2.24) is 4.98 Å². The van der Waals surface area contributed by atoms with Gasteiger partial charge in [0.25, 0.3) is 0 Å². The monoisotopic (exact) mass is 447 g/mol. The number of aromatic nitrogens is 1. The lowest BCUT2D eigenvalue weighted by Crippen LogP contribution is -1.98. The standard InChI is InChI=1S/C31H29NS/c1-20(2)25-14-9-15-26(21(3)4)31(25)30-19-28-29(33-30)17-16-27(32-28)24-13-8-12-23(18-24)22-10-6-5-7-11-22/h5-21H,1-4H3. The van der Waals surface area contributed by atoms with Gasteiger partial charge in [-0.15, -0.1) is 11.3 Å². The molecule has 2 heterocycles. The van der Waals surface area contributed by atoms with Crippen molar-refractivity contribution in [2.45, 2.75) is 39.5 Å². The van der Waals surface area contributed by atoms with E-state index in [1.807, 2.05) is 11.3 Å². The molecule has 0 aliphatic carbocycles. The SMILES string of the molecule is CC(C)c1cccc(C(C)C)c1-c1cc2nc(-c3cccc(-c4ccccc4)c3)ccc2s1. The van der Waals surface area contributed by atoms with Crippen molar-refractivity contribution < 1.29 is 0 Å². The molecule has 0 radical (unpaired) electrons. The van der Waals surface area contributed by atoms with Gasteiger partial charge in [-0.25, -0.2) is 4.98 Å². The summed E-state index contributed by atoms with van der Waals surface area (Å²) in [5.41, 5.74) is 9.93. The fourth-order valence-electron chi connectivity index (χ4n) is 4.53. The molecule has 0 aliphatic heterocycles. The molecule has 0 bridgehead atoms. The fraction of sp³-hybridized carbons (Fsp3) is 0.194. The van der Waals surface area contributed by atoms with E-state index >= 15 is 0 Å². The maximum Gasteiger partial charge on any atom is 0.0823 e. The van der Waals surface area contributed by atoms with Gasteiger partial charge in [-0.1, -0.05) is 94.4 Å². The fourth-order valence-corrected chi connectivity index (χ4v) is 5.62. The summed E-state index contributed by atoms with van der Waals surface area (Å²) in [6.07, 6.45) is 0. The van der Waals surface area contributed by atoms with Crippen molar-refractivity contribution in [3.05, 3.63) is 102 Å². The minimum absolute atomic E-state index is 0.480. The zero-order chi connectivity index (χ0) is 22.9. The molecule has 0 N–H and O–H groups in total. The third-order valence-corrected chi connectivity index (χ3v) is 7.37. The lowest BCUT2D eigenvalue weighted by Gasteiger charge is -2.18. The first-order chi connectivity index (χ1) is 16.0. The number of fused-ring (bicyclic) bond motifs is 1. The second-order valence-corrected chi connectivity index (χ2v) is 10.3. The highest BCUT2D eigenvalue weighted by Crippen LogP contribution is 2.41. The van der Waals surface area contributed by atoms with Crippen LogP contribution >= 0.6 is 11.3 Å². The topological polar surface area (TPSA) is 12.9 Å². The molecule has 0 aliphatic rings. The predicted octanol–water partition coefficient (Wildman–Crippen LogP) is 9.54. The Labute approximate surface area is 200 Å². The Kier molecular flexibility index (Phi) is 5.86. The molecular formula is C31H29NS. The smallest absolute Gasteiger partial charge is 0.0823 e. The third-order valence-electron chi connectivity index (χ3n) is 6.26. The van der Waals surface area contributed by atoms with Crippen LogP contribution in [0.5, 0.6) is 0 Å². The molecular weight excluding hydrogens is 418 g/mol. The predicted molar refractivity (Wildman–Crippen MR) is 144 cm³/mol. The van der Waals surface area contributed by atoms with E-state index in [1.165, 1.54) is 37.4 Å². The molecule has 0 saturated carbocycles. The molecule has 0 amide bonds. The first-order valence-corrected chi connectivity index (χ1v) is 12.5. The van der Waals surface area contributed by atoms with Crippen LogP contribution in [0.1, 0.15) is 50.7 Å². The van der Waals surface area contributed by atoms with E-state index in [1.54, 1.807) is 0 Å². The zero-order valence-corrected chi connectivity index (χ0v) is 20.5. The zero-order valence-electron chi connectivity index (χ0n) is 19.7.